The Bertz CT molecular complexity index is 1130. The van der Waals surface area contributed by atoms with Gasteiger partial charge in [-0.2, -0.15) is 15.5 Å². The minimum absolute atomic E-state index is 0.230. The second kappa shape index (κ2) is 6.84. The third-order valence-electron chi connectivity index (χ3n) is 4.47. The van der Waals surface area contributed by atoms with Crippen molar-refractivity contribution in [3.05, 3.63) is 52.6 Å². The lowest BCUT2D eigenvalue weighted by Gasteiger charge is -2.21. The summed E-state index contributed by atoms with van der Waals surface area (Å²) < 4.78 is 0.907. The summed E-state index contributed by atoms with van der Waals surface area (Å²) >= 11 is 8.97. The molecule has 8 nitrogen and oxygen atoms in total. The van der Waals surface area contributed by atoms with Crippen molar-refractivity contribution >= 4 is 39.5 Å². The summed E-state index contributed by atoms with van der Waals surface area (Å²) in [6.07, 6.45) is 6.73. The molecule has 28 heavy (non-hydrogen) atoms. The van der Waals surface area contributed by atoms with Gasteiger partial charge in [-0.25, -0.2) is 0 Å². The molecule has 5 rings (SSSR count). The fourth-order valence-electron chi connectivity index (χ4n) is 2.92. The second-order valence-electron chi connectivity index (χ2n) is 6.30. The van der Waals surface area contributed by atoms with Gasteiger partial charge in [0.05, 0.1) is 34.2 Å². The van der Waals surface area contributed by atoms with E-state index in [-0.39, 0.29) is 5.54 Å². The number of pyridine rings is 1. The predicted octanol–water partition coefficient (Wildman–Crippen LogP) is 3.36. The van der Waals surface area contributed by atoms with Crippen molar-refractivity contribution in [3.8, 4) is 11.9 Å². The molecule has 0 atom stereocenters. The normalized spacial score (nSPS) is 16.4. The summed E-state index contributed by atoms with van der Waals surface area (Å²) in [6.45, 7) is 0. The number of halogens is 1. The highest BCUT2D eigenvalue weighted by Gasteiger charge is 2.49. The summed E-state index contributed by atoms with van der Waals surface area (Å²) in [7, 11) is 0. The molecular weight excluding hydrogens is 416 g/mol. The Morgan fingerprint density at radius 3 is 2.82 bits per heavy atom. The zero-order valence-electron chi connectivity index (χ0n) is 14.3. The van der Waals surface area contributed by atoms with Crippen LogP contribution in [-0.4, -0.2) is 34.6 Å². The maximum Gasteiger partial charge on any atom is 0.196 e. The van der Waals surface area contributed by atoms with Crippen molar-refractivity contribution in [2.75, 3.05) is 0 Å². The molecular formula is C17H11ClN8S2. The average Bonchev–Trinajstić information content (AvgIpc) is 3.26. The van der Waals surface area contributed by atoms with Gasteiger partial charge in [0.2, 0.25) is 0 Å². The summed E-state index contributed by atoms with van der Waals surface area (Å²) in [6, 6.07) is 5.75. The second-order valence-corrected chi connectivity index (χ2v) is 8.94. The summed E-state index contributed by atoms with van der Waals surface area (Å²) in [5.41, 5.74) is 2.03. The molecule has 1 fully saturated rings. The molecule has 1 spiro atoms. The number of fused-ring (bicyclic) bond motifs is 2. The maximum absolute atomic E-state index is 9.28. The Kier molecular flexibility index (Phi) is 4.30. The molecule has 0 saturated heterocycles. The van der Waals surface area contributed by atoms with E-state index in [0.29, 0.717) is 27.9 Å². The van der Waals surface area contributed by atoms with E-state index in [0.717, 1.165) is 27.8 Å². The van der Waals surface area contributed by atoms with Crippen LogP contribution in [0, 0.1) is 11.3 Å². The van der Waals surface area contributed by atoms with Crippen LogP contribution >= 0.6 is 35.1 Å². The number of aromatic nitrogens is 6. The Morgan fingerprint density at radius 1 is 1.25 bits per heavy atom. The number of aliphatic imine (C=N–C) groups is 1. The van der Waals surface area contributed by atoms with Crippen LogP contribution in [-0.2, 0) is 11.3 Å². The highest BCUT2D eigenvalue weighted by molar-refractivity contribution is 8.38. The molecule has 0 radical (unpaired) electrons. The molecule has 3 aromatic heterocycles. The van der Waals surface area contributed by atoms with Crippen molar-refractivity contribution in [1.29, 1.82) is 5.26 Å². The van der Waals surface area contributed by atoms with Crippen LogP contribution in [0.2, 0.25) is 5.02 Å². The van der Waals surface area contributed by atoms with Gasteiger partial charge in [-0.05, 0) is 36.7 Å². The number of nitriles is 1. The van der Waals surface area contributed by atoms with Crippen LogP contribution < -0.4 is 0 Å². The van der Waals surface area contributed by atoms with Gasteiger partial charge in [-0.1, -0.05) is 23.4 Å². The third-order valence-corrected chi connectivity index (χ3v) is 6.80. The Morgan fingerprint density at radius 2 is 2.07 bits per heavy atom. The number of rotatable bonds is 3. The molecule has 4 heterocycles. The molecule has 0 amide bonds. The molecule has 0 N–H and O–H groups in total. The van der Waals surface area contributed by atoms with Gasteiger partial charge in [-0.3, -0.25) is 9.98 Å². The largest absolute Gasteiger partial charge is 0.260 e. The van der Waals surface area contributed by atoms with E-state index < -0.39 is 0 Å². The van der Waals surface area contributed by atoms with Gasteiger partial charge >= 0.3 is 0 Å². The molecule has 11 heteroatoms. The van der Waals surface area contributed by atoms with E-state index >= 15 is 0 Å². The number of hydrogen-bond acceptors (Lipinski definition) is 9. The lowest BCUT2D eigenvalue weighted by molar-refractivity contribution is 0.659. The maximum atomic E-state index is 9.28. The van der Waals surface area contributed by atoms with Gasteiger partial charge in [0.25, 0.3) is 0 Å². The summed E-state index contributed by atoms with van der Waals surface area (Å²) in [5, 5.41) is 27.5. The molecule has 0 unspecified atom stereocenters. The van der Waals surface area contributed by atoms with Crippen LogP contribution in [0.5, 0.6) is 0 Å². The highest BCUT2D eigenvalue weighted by atomic mass is 35.5. The number of nitrogens with zero attached hydrogens (tertiary/aromatic N) is 8. The lowest BCUT2D eigenvalue weighted by Crippen LogP contribution is -2.16. The van der Waals surface area contributed by atoms with E-state index in [2.05, 4.69) is 31.4 Å². The molecule has 0 aromatic carbocycles. The van der Waals surface area contributed by atoms with Crippen LogP contribution in [0.15, 0.2) is 40.7 Å². The Hall–Kier alpha value is -2.48. The van der Waals surface area contributed by atoms with E-state index in [1.165, 1.54) is 16.6 Å². The van der Waals surface area contributed by atoms with Crippen LogP contribution in [0.25, 0.3) is 5.82 Å². The standard InChI is InChI=1S/C17H11ClN8S2/c18-11-5-10(7-19)13(20-8-11)9-27-16-23-17(1-2-17)12-6-14(24-25-15(12)28-16)26-21-3-4-22-26/h3-6,8H,1-2,9H2. The Balaban J connectivity index is 1.40. The fourth-order valence-corrected chi connectivity index (χ4v) is 5.29. The van der Waals surface area contributed by atoms with Crippen molar-refractivity contribution in [2.24, 2.45) is 4.99 Å². The van der Waals surface area contributed by atoms with Crippen LogP contribution in [0.3, 0.4) is 0 Å². The fraction of sp³-hybridized carbons (Fsp3) is 0.235. The summed E-state index contributed by atoms with van der Waals surface area (Å²) in [4.78, 5) is 10.7. The van der Waals surface area contributed by atoms with Crippen LogP contribution in [0.1, 0.15) is 29.7 Å². The minimum atomic E-state index is -0.230. The minimum Gasteiger partial charge on any atom is -0.260 e. The van der Waals surface area contributed by atoms with Gasteiger partial charge in [0.15, 0.2) is 5.82 Å². The van der Waals surface area contributed by atoms with Gasteiger partial charge in [0.1, 0.15) is 15.5 Å². The first-order chi connectivity index (χ1) is 13.7. The average molecular weight is 427 g/mol. The first-order valence-electron chi connectivity index (χ1n) is 8.37. The number of thioether (sulfide) groups is 2. The van der Waals surface area contributed by atoms with E-state index in [4.69, 9.17) is 16.6 Å². The topological polar surface area (TPSA) is 106 Å². The van der Waals surface area contributed by atoms with E-state index in [9.17, 15) is 5.26 Å². The van der Waals surface area contributed by atoms with Crippen molar-refractivity contribution in [3.63, 3.8) is 0 Å². The molecule has 3 aromatic rings. The molecule has 1 aliphatic carbocycles. The zero-order valence-corrected chi connectivity index (χ0v) is 16.7. The smallest absolute Gasteiger partial charge is 0.196 e. The molecule has 1 saturated carbocycles. The monoisotopic (exact) mass is 426 g/mol. The first-order valence-corrected chi connectivity index (χ1v) is 10.5. The van der Waals surface area contributed by atoms with Crippen molar-refractivity contribution in [1.82, 2.24) is 30.2 Å². The predicted molar refractivity (Wildman–Crippen MR) is 106 cm³/mol. The van der Waals surface area contributed by atoms with Crippen LogP contribution in [0.4, 0.5) is 0 Å². The first kappa shape index (κ1) is 17.6. The van der Waals surface area contributed by atoms with Crippen molar-refractivity contribution in [2.45, 2.75) is 29.2 Å². The van der Waals surface area contributed by atoms with Gasteiger partial charge in [0, 0.05) is 17.5 Å². The van der Waals surface area contributed by atoms with Gasteiger partial charge in [-0.15, -0.1) is 15.0 Å². The lowest BCUT2D eigenvalue weighted by atomic mass is 10.1. The van der Waals surface area contributed by atoms with Crippen molar-refractivity contribution < 1.29 is 0 Å². The summed E-state index contributed by atoms with van der Waals surface area (Å²) in [5.74, 6) is 1.13. The molecule has 1 aliphatic heterocycles. The SMILES string of the molecule is N#Cc1cc(Cl)cnc1CSC1=NC2(CC2)c2cc(-n3nccn3)nnc2S1. The zero-order chi connectivity index (χ0) is 19.1. The molecule has 2 aliphatic rings. The number of hydrogen-bond donors (Lipinski definition) is 0. The van der Waals surface area contributed by atoms with E-state index in [1.54, 1.807) is 36.4 Å². The Labute approximate surface area is 173 Å². The quantitative estimate of drug-likeness (QED) is 0.627. The molecule has 138 valence electrons. The third kappa shape index (κ3) is 3.15. The molecule has 0 bridgehead atoms. The highest BCUT2D eigenvalue weighted by Crippen LogP contribution is 2.56. The van der Waals surface area contributed by atoms with Gasteiger partial charge < -0.3 is 0 Å². The van der Waals surface area contributed by atoms with E-state index in [1.807, 2.05) is 6.07 Å².